The topological polar surface area (TPSA) is 51.1 Å². The molecular formula is C77H84N4OS. The summed E-state index contributed by atoms with van der Waals surface area (Å²) in [5, 5.41) is 12.9. The third-order valence-corrected chi connectivity index (χ3v) is 17.7. The average molecular weight is 1110 g/mol. The molecule has 0 saturated carbocycles. The Labute approximate surface area is 498 Å². The van der Waals surface area contributed by atoms with E-state index >= 15 is 0 Å². The smallest absolute Gasteiger partial charge is 0.137 e. The van der Waals surface area contributed by atoms with Gasteiger partial charge in [0.2, 0.25) is 0 Å². The highest BCUT2D eigenvalue weighted by atomic mass is 32.1. The Hall–Kier alpha value is -7.67. The maximum Gasteiger partial charge on any atom is 0.137 e. The number of aromatic nitrogens is 2. The molecule has 0 amide bonds. The normalized spacial score (nSPS) is 12.9. The van der Waals surface area contributed by atoms with Crippen LogP contribution in [0.1, 0.15) is 158 Å². The fraction of sp³-hybridized carbons (Fsp3) is 0.312. The minimum absolute atomic E-state index is 0.0570. The van der Waals surface area contributed by atoms with Crippen LogP contribution in [0, 0.1) is 0 Å². The van der Waals surface area contributed by atoms with Gasteiger partial charge in [0.25, 0.3) is 0 Å². The molecule has 11 aromatic rings. The Morgan fingerprint density at radius 3 is 1.47 bits per heavy atom. The quantitative estimate of drug-likeness (QED) is 0.151. The number of ether oxygens (including phenoxy) is 1. The van der Waals surface area contributed by atoms with Crippen molar-refractivity contribution in [2.24, 2.45) is 0 Å². The number of anilines is 4. The number of para-hydroxylation sites is 2. The van der Waals surface area contributed by atoms with E-state index in [9.17, 15) is 0 Å². The molecule has 5 nitrogen and oxygen atoms in total. The predicted molar refractivity (Wildman–Crippen MR) is 361 cm³/mol. The Bertz CT molecular complexity index is 4140. The molecule has 0 spiro atoms. The van der Waals surface area contributed by atoms with E-state index in [1.807, 2.05) is 23.6 Å². The largest absolute Gasteiger partial charge is 0.457 e. The molecule has 424 valence electrons. The van der Waals surface area contributed by atoms with Crippen molar-refractivity contribution in [3.05, 3.63) is 203 Å². The molecule has 0 bridgehead atoms. The molecular weight excluding hydrogens is 1030 g/mol. The number of hydrogen-bond donors (Lipinski definition) is 2. The second kappa shape index (κ2) is 20.6. The SMILES string of the molecule is CC(C)(C)c1cc(-c2cc(C(C)(C)C)cc(-c3cc(C(C)(C)C)cc(C(C)(C)C)c3)c2Nc2ccccc2Nc2cccc(Oc3ccc4c5ccc6sc7ccccc7c6c5n(-c5cc(C(C)(C)C)ccn5)c4c3)c2)cc(C(C)(C)C)c1. The van der Waals surface area contributed by atoms with Crippen molar-refractivity contribution in [1.82, 2.24) is 9.55 Å². The zero-order valence-electron chi connectivity index (χ0n) is 52.4. The Morgan fingerprint density at radius 2 is 0.904 bits per heavy atom. The van der Waals surface area contributed by atoms with Gasteiger partial charge in [0.15, 0.2) is 0 Å². The standard InChI is InChI=1S/C77H84N4OS/c1-72(2,3)49-34-35-78-68(44-49)81-65-46-57(30-31-58(65)59-32-33-67-69(71(59)81)60-26-19-22-29-66(60)83-67)82-56-25-23-24-55(45-56)79-63-27-20-21-28-64(63)80-70-61(47-36-50(73(4,5)6)40-51(37-47)74(7,8)9)42-54(77(16,17)18)43-62(70)48-38-52(75(10,11)12)41-53(39-48)76(13,14)15/h19-46,79-80H,1-18H3. The first-order chi connectivity index (χ1) is 38.9. The highest BCUT2D eigenvalue weighted by Gasteiger charge is 2.29. The van der Waals surface area contributed by atoms with Crippen LogP contribution in [0.25, 0.3) is 70.0 Å². The first-order valence-corrected chi connectivity index (χ1v) is 30.5. The maximum atomic E-state index is 6.91. The summed E-state index contributed by atoms with van der Waals surface area (Å²) in [5.41, 5.74) is 18.2. The van der Waals surface area contributed by atoms with Crippen LogP contribution < -0.4 is 15.4 Å². The highest BCUT2D eigenvalue weighted by molar-refractivity contribution is 7.26. The van der Waals surface area contributed by atoms with Crippen molar-refractivity contribution in [3.8, 4) is 39.6 Å². The molecule has 0 aliphatic heterocycles. The molecule has 0 radical (unpaired) electrons. The van der Waals surface area contributed by atoms with E-state index in [1.165, 1.54) is 81.2 Å². The van der Waals surface area contributed by atoms with Crippen molar-refractivity contribution in [3.63, 3.8) is 0 Å². The van der Waals surface area contributed by atoms with Crippen molar-refractivity contribution >= 4 is 76.1 Å². The fourth-order valence-electron chi connectivity index (χ4n) is 11.3. The summed E-state index contributed by atoms with van der Waals surface area (Å²) in [6, 6.07) is 60.6. The molecule has 0 aliphatic rings. The predicted octanol–water partition coefficient (Wildman–Crippen LogP) is 22.9. The van der Waals surface area contributed by atoms with E-state index in [2.05, 4.69) is 298 Å². The monoisotopic (exact) mass is 1110 g/mol. The Balaban J connectivity index is 1.03. The molecule has 2 N–H and O–H groups in total. The summed E-state index contributed by atoms with van der Waals surface area (Å²) in [6.45, 7) is 41.7. The number of hydrogen-bond acceptors (Lipinski definition) is 5. The van der Waals surface area contributed by atoms with Gasteiger partial charge in [-0.25, -0.2) is 4.98 Å². The molecule has 0 aliphatic carbocycles. The van der Waals surface area contributed by atoms with Gasteiger partial charge < -0.3 is 15.4 Å². The fourth-order valence-corrected chi connectivity index (χ4v) is 12.4. The Kier molecular flexibility index (Phi) is 14.2. The second-order valence-corrected chi connectivity index (χ2v) is 30.4. The van der Waals surface area contributed by atoms with Crippen LogP contribution in [-0.4, -0.2) is 9.55 Å². The van der Waals surface area contributed by atoms with Gasteiger partial charge in [-0.05, 0) is 150 Å². The van der Waals surface area contributed by atoms with Gasteiger partial charge in [0.05, 0.1) is 28.1 Å². The van der Waals surface area contributed by atoms with Crippen LogP contribution in [-0.2, 0) is 32.5 Å². The number of nitrogens with zero attached hydrogens (tertiary/aromatic N) is 2. The highest BCUT2D eigenvalue weighted by Crippen LogP contribution is 2.49. The van der Waals surface area contributed by atoms with E-state index in [-0.39, 0.29) is 32.5 Å². The van der Waals surface area contributed by atoms with Gasteiger partial charge in [0.1, 0.15) is 17.3 Å². The summed E-state index contributed by atoms with van der Waals surface area (Å²) < 4.78 is 11.8. The van der Waals surface area contributed by atoms with Gasteiger partial charge in [-0.2, -0.15) is 0 Å². The van der Waals surface area contributed by atoms with Crippen LogP contribution in [0.3, 0.4) is 0 Å². The summed E-state index contributed by atoms with van der Waals surface area (Å²) in [7, 11) is 0. The van der Waals surface area contributed by atoms with Crippen LogP contribution in [0.5, 0.6) is 11.5 Å². The van der Waals surface area contributed by atoms with E-state index in [1.54, 1.807) is 0 Å². The van der Waals surface area contributed by atoms with Gasteiger partial charge in [-0.15, -0.1) is 11.3 Å². The van der Waals surface area contributed by atoms with Crippen molar-refractivity contribution < 1.29 is 4.74 Å². The lowest BCUT2D eigenvalue weighted by Crippen LogP contribution is -2.17. The van der Waals surface area contributed by atoms with Crippen molar-refractivity contribution in [2.45, 2.75) is 157 Å². The molecule has 0 unspecified atom stereocenters. The zero-order valence-corrected chi connectivity index (χ0v) is 53.2. The van der Waals surface area contributed by atoms with E-state index in [0.717, 1.165) is 56.5 Å². The molecule has 8 aromatic carbocycles. The molecule has 6 heteroatoms. The first kappa shape index (κ1) is 57.2. The minimum Gasteiger partial charge on any atom is -0.457 e. The number of pyridine rings is 1. The van der Waals surface area contributed by atoms with Crippen LogP contribution in [0.2, 0.25) is 0 Å². The van der Waals surface area contributed by atoms with E-state index in [4.69, 9.17) is 9.72 Å². The van der Waals surface area contributed by atoms with Gasteiger partial charge in [-0.3, -0.25) is 4.57 Å². The number of thiophene rings is 1. The summed E-state index contributed by atoms with van der Waals surface area (Å²) in [6.07, 6.45) is 1.95. The Morgan fingerprint density at radius 1 is 0.398 bits per heavy atom. The molecule has 11 rings (SSSR count). The zero-order chi connectivity index (χ0) is 59.3. The van der Waals surface area contributed by atoms with Crippen LogP contribution in [0.15, 0.2) is 170 Å². The summed E-state index contributed by atoms with van der Waals surface area (Å²) >= 11 is 1.84. The minimum atomic E-state index is -0.136. The first-order valence-electron chi connectivity index (χ1n) is 29.7. The molecule has 3 heterocycles. The van der Waals surface area contributed by atoms with Crippen molar-refractivity contribution in [1.29, 1.82) is 0 Å². The van der Waals surface area contributed by atoms with Gasteiger partial charge >= 0.3 is 0 Å². The number of fused-ring (bicyclic) bond motifs is 7. The molecule has 0 atom stereocenters. The van der Waals surface area contributed by atoms with Crippen LogP contribution in [0.4, 0.5) is 22.7 Å². The van der Waals surface area contributed by atoms with Gasteiger partial charge in [0, 0.05) is 66.1 Å². The molecule has 0 saturated heterocycles. The number of nitrogens with one attached hydrogen (secondary N) is 2. The molecule has 0 fully saturated rings. The summed E-state index contributed by atoms with van der Waals surface area (Å²) in [4.78, 5) is 5.08. The average Bonchev–Trinajstić information content (AvgIpc) is 1.84. The third-order valence-electron chi connectivity index (χ3n) is 16.6. The third kappa shape index (κ3) is 11.4. The van der Waals surface area contributed by atoms with Gasteiger partial charge in [-0.1, -0.05) is 203 Å². The van der Waals surface area contributed by atoms with E-state index < -0.39 is 0 Å². The molecule has 83 heavy (non-hydrogen) atoms. The number of rotatable bonds is 9. The lowest BCUT2D eigenvalue weighted by atomic mass is 9.76. The summed E-state index contributed by atoms with van der Waals surface area (Å²) in [5.74, 6) is 2.36. The number of benzene rings is 8. The lowest BCUT2D eigenvalue weighted by molar-refractivity contribution is 0.483. The van der Waals surface area contributed by atoms with Crippen LogP contribution >= 0.6 is 11.3 Å². The van der Waals surface area contributed by atoms with Crippen molar-refractivity contribution in [2.75, 3.05) is 10.6 Å². The lowest BCUT2D eigenvalue weighted by Gasteiger charge is -2.30. The van der Waals surface area contributed by atoms with E-state index in [0.29, 0.717) is 0 Å². The molecule has 3 aromatic heterocycles. The maximum absolute atomic E-state index is 6.91. The second-order valence-electron chi connectivity index (χ2n) is 29.3.